The van der Waals surface area contributed by atoms with Gasteiger partial charge in [0.05, 0.1) is 11.0 Å². The zero-order valence-electron chi connectivity index (χ0n) is 11.3. The fourth-order valence-corrected chi connectivity index (χ4v) is 2.54. The van der Waals surface area contributed by atoms with E-state index in [1.54, 1.807) is 0 Å². The molecule has 4 N–H and O–H groups in total. The highest BCUT2D eigenvalue weighted by molar-refractivity contribution is 5.87. The third-order valence-corrected chi connectivity index (χ3v) is 4.34. The number of aliphatic carboxylic acids is 1. The van der Waals surface area contributed by atoms with Gasteiger partial charge in [0.25, 0.3) is 0 Å². The molecule has 1 aliphatic rings. The molecule has 0 spiro atoms. The molecule has 0 unspecified atom stereocenters. The van der Waals surface area contributed by atoms with Crippen molar-refractivity contribution < 1.29 is 14.7 Å². The minimum absolute atomic E-state index is 0.160. The van der Waals surface area contributed by atoms with E-state index in [1.807, 2.05) is 13.8 Å². The standard InChI is InChI=1S/C13H24N2O3/c1-3-12(4-2,11(17)18)9-15-10(16)13(14)7-5-6-8-13/h3-9,14H2,1-2H3,(H,15,16)(H,17,18). The monoisotopic (exact) mass is 256 g/mol. The van der Waals surface area contributed by atoms with Crippen molar-refractivity contribution >= 4 is 11.9 Å². The van der Waals surface area contributed by atoms with E-state index < -0.39 is 16.9 Å². The first-order chi connectivity index (χ1) is 8.40. The lowest BCUT2D eigenvalue weighted by Gasteiger charge is -2.29. The van der Waals surface area contributed by atoms with Crippen molar-refractivity contribution in [2.24, 2.45) is 11.1 Å². The van der Waals surface area contributed by atoms with Crippen molar-refractivity contribution in [3.05, 3.63) is 0 Å². The molecule has 0 saturated heterocycles. The zero-order valence-corrected chi connectivity index (χ0v) is 11.3. The Labute approximate surface area is 108 Å². The summed E-state index contributed by atoms with van der Waals surface area (Å²) >= 11 is 0. The largest absolute Gasteiger partial charge is 0.481 e. The van der Waals surface area contributed by atoms with Crippen LogP contribution in [0.25, 0.3) is 0 Å². The van der Waals surface area contributed by atoms with Crippen LogP contribution in [-0.2, 0) is 9.59 Å². The van der Waals surface area contributed by atoms with Crippen LogP contribution in [0.5, 0.6) is 0 Å². The smallest absolute Gasteiger partial charge is 0.311 e. The van der Waals surface area contributed by atoms with Gasteiger partial charge >= 0.3 is 5.97 Å². The van der Waals surface area contributed by atoms with Crippen LogP contribution in [0.15, 0.2) is 0 Å². The number of carbonyl (C=O) groups is 2. The maximum absolute atomic E-state index is 12.0. The Kier molecular flexibility index (Phi) is 4.73. The van der Waals surface area contributed by atoms with Gasteiger partial charge < -0.3 is 16.2 Å². The fourth-order valence-electron chi connectivity index (χ4n) is 2.54. The molecule has 1 amide bonds. The molecule has 1 fully saturated rings. The van der Waals surface area contributed by atoms with Gasteiger partial charge in [-0.15, -0.1) is 0 Å². The predicted molar refractivity (Wildman–Crippen MR) is 69.0 cm³/mol. The van der Waals surface area contributed by atoms with Crippen LogP contribution in [-0.4, -0.2) is 29.1 Å². The summed E-state index contributed by atoms with van der Waals surface area (Å²) in [5, 5.41) is 12.0. The van der Waals surface area contributed by atoms with Crippen LogP contribution in [0, 0.1) is 5.41 Å². The summed E-state index contributed by atoms with van der Waals surface area (Å²) in [5.74, 6) is -1.06. The van der Waals surface area contributed by atoms with Gasteiger partial charge in [0.1, 0.15) is 0 Å². The average molecular weight is 256 g/mol. The maximum Gasteiger partial charge on any atom is 0.311 e. The van der Waals surface area contributed by atoms with Gasteiger partial charge in [0, 0.05) is 6.54 Å². The molecule has 0 atom stereocenters. The van der Waals surface area contributed by atoms with E-state index in [9.17, 15) is 14.7 Å². The first-order valence-electron chi connectivity index (χ1n) is 6.71. The molecular weight excluding hydrogens is 232 g/mol. The highest BCUT2D eigenvalue weighted by atomic mass is 16.4. The van der Waals surface area contributed by atoms with Crippen molar-refractivity contribution in [1.29, 1.82) is 0 Å². The van der Waals surface area contributed by atoms with Gasteiger partial charge in [-0.05, 0) is 25.7 Å². The Balaban J connectivity index is 2.63. The summed E-state index contributed by atoms with van der Waals surface area (Å²) in [6, 6.07) is 0. The lowest BCUT2D eigenvalue weighted by Crippen LogP contribution is -2.54. The number of hydrogen-bond donors (Lipinski definition) is 3. The second-order valence-corrected chi connectivity index (χ2v) is 5.34. The second-order valence-electron chi connectivity index (χ2n) is 5.34. The highest BCUT2D eigenvalue weighted by Gasteiger charge is 2.40. The fraction of sp³-hybridized carbons (Fsp3) is 0.846. The number of carbonyl (C=O) groups excluding carboxylic acids is 1. The van der Waals surface area contributed by atoms with E-state index >= 15 is 0 Å². The molecule has 0 aromatic carbocycles. The summed E-state index contributed by atoms with van der Waals surface area (Å²) in [5.41, 5.74) is 4.38. The average Bonchev–Trinajstić information content (AvgIpc) is 2.79. The Morgan fingerprint density at radius 1 is 1.28 bits per heavy atom. The SMILES string of the molecule is CCC(CC)(CNC(=O)C1(N)CCCC1)C(=O)O. The third-order valence-electron chi connectivity index (χ3n) is 4.34. The van der Waals surface area contributed by atoms with Crippen molar-refractivity contribution in [3.63, 3.8) is 0 Å². The van der Waals surface area contributed by atoms with Crippen LogP contribution >= 0.6 is 0 Å². The van der Waals surface area contributed by atoms with Crippen LogP contribution in [0.3, 0.4) is 0 Å². The topological polar surface area (TPSA) is 92.4 Å². The van der Waals surface area contributed by atoms with Crippen molar-refractivity contribution in [3.8, 4) is 0 Å². The molecule has 5 heteroatoms. The molecule has 0 aromatic rings. The molecule has 0 bridgehead atoms. The normalized spacial score (nSPS) is 18.6. The summed E-state index contributed by atoms with van der Waals surface area (Å²) < 4.78 is 0. The van der Waals surface area contributed by atoms with E-state index in [2.05, 4.69) is 5.32 Å². The molecule has 0 radical (unpaired) electrons. The zero-order chi connectivity index (χ0) is 13.8. The number of nitrogens with one attached hydrogen (secondary N) is 1. The third kappa shape index (κ3) is 2.83. The number of carboxylic acid groups (broad SMARTS) is 1. The molecule has 0 aliphatic heterocycles. The molecular formula is C13H24N2O3. The highest BCUT2D eigenvalue weighted by Crippen LogP contribution is 2.29. The van der Waals surface area contributed by atoms with Crippen molar-refractivity contribution in [1.82, 2.24) is 5.32 Å². The number of nitrogens with two attached hydrogens (primary N) is 1. The minimum atomic E-state index is -0.870. The maximum atomic E-state index is 12.0. The molecule has 5 nitrogen and oxygen atoms in total. The lowest BCUT2D eigenvalue weighted by molar-refractivity contribution is -0.149. The van der Waals surface area contributed by atoms with Gasteiger partial charge in [0.15, 0.2) is 0 Å². The minimum Gasteiger partial charge on any atom is -0.481 e. The summed E-state index contributed by atoms with van der Waals surface area (Å²) in [6.07, 6.45) is 4.31. The van der Waals surface area contributed by atoms with E-state index in [0.717, 1.165) is 12.8 Å². The quantitative estimate of drug-likeness (QED) is 0.667. The molecule has 0 aromatic heterocycles. The molecule has 104 valence electrons. The van der Waals surface area contributed by atoms with E-state index in [1.165, 1.54) is 0 Å². The lowest BCUT2D eigenvalue weighted by atomic mass is 9.82. The van der Waals surface area contributed by atoms with Gasteiger partial charge in [-0.2, -0.15) is 0 Å². The van der Waals surface area contributed by atoms with Gasteiger partial charge in [-0.1, -0.05) is 26.7 Å². The van der Waals surface area contributed by atoms with Gasteiger partial charge in [-0.25, -0.2) is 0 Å². The molecule has 0 heterocycles. The van der Waals surface area contributed by atoms with Crippen LogP contribution in [0.2, 0.25) is 0 Å². The number of carboxylic acids is 1. The van der Waals surface area contributed by atoms with E-state index in [0.29, 0.717) is 25.7 Å². The van der Waals surface area contributed by atoms with Gasteiger partial charge in [0.2, 0.25) is 5.91 Å². The molecule has 1 rings (SSSR count). The second kappa shape index (κ2) is 5.69. The van der Waals surface area contributed by atoms with Crippen LogP contribution in [0.4, 0.5) is 0 Å². The van der Waals surface area contributed by atoms with E-state index in [4.69, 9.17) is 5.73 Å². The first-order valence-corrected chi connectivity index (χ1v) is 6.71. The summed E-state index contributed by atoms with van der Waals surface area (Å²) in [4.78, 5) is 23.4. The van der Waals surface area contributed by atoms with Gasteiger partial charge in [-0.3, -0.25) is 9.59 Å². The first kappa shape index (κ1) is 15.0. The number of rotatable bonds is 6. The number of amides is 1. The predicted octanol–water partition coefficient (Wildman–Crippen LogP) is 1.27. The van der Waals surface area contributed by atoms with Crippen LogP contribution in [0.1, 0.15) is 52.4 Å². The van der Waals surface area contributed by atoms with E-state index in [-0.39, 0.29) is 12.5 Å². The Bertz CT molecular complexity index is 318. The molecule has 1 aliphatic carbocycles. The van der Waals surface area contributed by atoms with Crippen molar-refractivity contribution in [2.75, 3.05) is 6.54 Å². The Morgan fingerprint density at radius 3 is 2.17 bits per heavy atom. The summed E-state index contributed by atoms with van der Waals surface area (Å²) in [6.45, 7) is 3.82. The van der Waals surface area contributed by atoms with Crippen LogP contribution < -0.4 is 11.1 Å². The summed E-state index contributed by atoms with van der Waals surface area (Å²) in [7, 11) is 0. The number of hydrogen-bond acceptors (Lipinski definition) is 3. The van der Waals surface area contributed by atoms with Crippen molar-refractivity contribution in [2.45, 2.75) is 57.9 Å². The molecule has 18 heavy (non-hydrogen) atoms. The Hall–Kier alpha value is -1.10. The Morgan fingerprint density at radius 2 is 1.78 bits per heavy atom. The molecule has 1 saturated carbocycles.